The van der Waals surface area contributed by atoms with Gasteiger partial charge in [0.05, 0.1) is 0 Å². The zero-order chi connectivity index (χ0) is 16.4. The molecule has 118 valence electrons. The minimum absolute atomic E-state index is 0.581. The highest BCUT2D eigenvalue weighted by molar-refractivity contribution is 5.68. The zero-order valence-electron chi connectivity index (χ0n) is 13.5. The number of aromatic nitrogens is 2. The van der Waals surface area contributed by atoms with Crippen LogP contribution in [0.2, 0.25) is 0 Å². The lowest BCUT2D eigenvalue weighted by Gasteiger charge is -2.12. The van der Waals surface area contributed by atoms with Gasteiger partial charge in [0, 0.05) is 23.1 Å². The van der Waals surface area contributed by atoms with Crippen LogP contribution >= 0.6 is 0 Å². The van der Waals surface area contributed by atoms with Crippen molar-refractivity contribution < 1.29 is 0 Å². The molecule has 4 nitrogen and oxygen atoms in total. The number of nitrogens with one attached hydrogen (secondary N) is 2. The lowest BCUT2D eigenvalue weighted by atomic mass is 10.1. The third kappa shape index (κ3) is 2.99. The van der Waals surface area contributed by atoms with E-state index in [0.29, 0.717) is 5.95 Å². The van der Waals surface area contributed by atoms with Gasteiger partial charge in [-0.1, -0.05) is 36.4 Å². The van der Waals surface area contributed by atoms with Crippen molar-refractivity contribution in [3.8, 4) is 0 Å². The standard InChI is InChI=1S/C20H18N4/c1-14-13-21-20(23-17-8-3-2-4-9-17)24-19(14)22-18-11-10-15-6-5-7-16(15)12-18/h2-6,8-13H,7H2,1H3,(H2,21,22,23,24). The average molecular weight is 314 g/mol. The van der Waals surface area contributed by atoms with Crippen molar-refractivity contribution in [2.24, 2.45) is 0 Å². The number of para-hydroxylation sites is 1. The molecular weight excluding hydrogens is 296 g/mol. The second kappa shape index (κ2) is 6.16. The van der Waals surface area contributed by atoms with Crippen molar-refractivity contribution in [3.63, 3.8) is 0 Å². The van der Waals surface area contributed by atoms with Gasteiger partial charge in [0.25, 0.3) is 0 Å². The number of fused-ring (bicyclic) bond motifs is 1. The molecule has 1 aliphatic rings. The first-order valence-corrected chi connectivity index (χ1v) is 8.00. The lowest BCUT2D eigenvalue weighted by Crippen LogP contribution is -2.03. The van der Waals surface area contributed by atoms with E-state index in [0.717, 1.165) is 29.2 Å². The van der Waals surface area contributed by atoms with Gasteiger partial charge in [0.2, 0.25) is 5.95 Å². The molecule has 0 unspecified atom stereocenters. The topological polar surface area (TPSA) is 49.8 Å². The Morgan fingerprint density at radius 1 is 0.958 bits per heavy atom. The van der Waals surface area contributed by atoms with E-state index in [4.69, 9.17) is 0 Å². The summed E-state index contributed by atoms with van der Waals surface area (Å²) < 4.78 is 0. The van der Waals surface area contributed by atoms with Crippen LogP contribution in [0.5, 0.6) is 0 Å². The number of allylic oxidation sites excluding steroid dienone is 1. The molecule has 3 aromatic rings. The molecule has 0 amide bonds. The summed E-state index contributed by atoms with van der Waals surface area (Å²) in [4.78, 5) is 8.97. The Bertz CT molecular complexity index is 901. The first kappa shape index (κ1) is 14.5. The average Bonchev–Trinajstić information content (AvgIpc) is 3.06. The van der Waals surface area contributed by atoms with Crippen molar-refractivity contribution in [1.29, 1.82) is 0 Å². The van der Waals surface area contributed by atoms with Crippen LogP contribution in [0, 0.1) is 6.92 Å². The molecule has 0 saturated carbocycles. The minimum Gasteiger partial charge on any atom is -0.340 e. The van der Waals surface area contributed by atoms with E-state index in [1.165, 1.54) is 11.1 Å². The van der Waals surface area contributed by atoms with Crippen LogP contribution in [0.15, 0.2) is 60.8 Å². The van der Waals surface area contributed by atoms with Gasteiger partial charge in [-0.05, 0) is 48.7 Å². The second-order valence-corrected chi connectivity index (χ2v) is 5.86. The molecule has 0 aliphatic heterocycles. The van der Waals surface area contributed by atoms with Crippen molar-refractivity contribution in [3.05, 3.63) is 77.5 Å². The predicted octanol–water partition coefficient (Wildman–Crippen LogP) is 4.84. The molecule has 4 heteroatoms. The fourth-order valence-electron chi connectivity index (χ4n) is 2.75. The van der Waals surface area contributed by atoms with Gasteiger partial charge in [-0.25, -0.2) is 4.98 Å². The van der Waals surface area contributed by atoms with Crippen molar-refractivity contribution in [2.45, 2.75) is 13.3 Å². The Labute approximate surface area is 141 Å². The van der Waals surface area contributed by atoms with E-state index in [1.807, 2.05) is 43.5 Å². The Morgan fingerprint density at radius 2 is 1.83 bits per heavy atom. The van der Waals surface area contributed by atoms with Gasteiger partial charge >= 0.3 is 0 Å². The summed E-state index contributed by atoms with van der Waals surface area (Å²) >= 11 is 0. The zero-order valence-corrected chi connectivity index (χ0v) is 13.5. The van der Waals surface area contributed by atoms with E-state index in [2.05, 4.69) is 51.0 Å². The predicted molar refractivity (Wildman–Crippen MR) is 99.0 cm³/mol. The summed E-state index contributed by atoms with van der Waals surface area (Å²) in [6.07, 6.45) is 7.17. The van der Waals surface area contributed by atoms with Crippen LogP contribution in [0.3, 0.4) is 0 Å². The summed E-state index contributed by atoms with van der Waals surface area (Å²) in [5.41, 5.74) is 5.66. The smallest absolute Gasteiger partial charge is 0.229 e. The lowest BCUT2D eigenvalue weighted by molar-refractivity contribution is 1.13. The molecule has 1 aromatic heterocycles. The van der Waals surface area contributed by atoms with Crippen molar-refractivity contribution in [1.82, 2.24) is 9.97 Å². The van der Waals surface area contributed by atoms with Gasteiger partial charge in [-0.2, -0.15) is 4.98 Å². The third-order valence-corrected chi connectivity index (χ3v) is 4.04. The molecule has 0 radical (unpaired) electrons. The van der Waals surface area contributed by atoms with Gasteiger partial charge in [0.15, 0.2) is 0 Å². The molecule has 1 aliphatic carbocycles. The van der Waals surface area contributed by atoms with E-state index < -0.39 is 0 Å². The van der Waals surface area contributed by atoms with Gasteiger partial charge in [-0.15, -0.1) is 0 Å². The highest BCUT2D eigenvalue weighted by Gasteiger charge is 2.08. The molecule has 4 rings (SSSR count). The minimum atomic E-state index is 0.581. The summed E-state index contributed by atoms with van der Waals surface area (Å²) in [6.45, 7) is 2.00. The fourth-order valence-corrected chi connectivity index (χ4v) is 2.75. The molecule has 24 heavy (non-hydrogen) atoms. The van der Waals surface area contributed by atoms with Crippen LogP contribution in [-0.2, 0) is 6.42 Å². The molecule has 1 heterocycles. The third-order valence-electron chi connectivity index (χ3n) is 4.04. The monoisotopic (exact) mass is 314 g/mol. The van der Waals surface area contributed by atoms with E-state index in [9.17, 15) is 0 Å². The number of anilines is 4. The largest absolute Gasteiger partial charge is 0.340 e. The molecule has 0 fully saturated rings. The molecule has 0 saturated heterocycles. The first-order valence-electron chi connectivity index (χ1n) is 8.00. The summed E-state index contributed by atoms with van der Waals surface area (Å²) in [7, 11) is 0. The van der Waals surface area contributed by atoms with E-state index in [-0.39, 0.29) is 0 Å². The van der Waals surface area contributed by atoms with E-state index in [1.54, 1.807) is 0 Å². The van der Waals surface area contributed by atoms with Gasteiger partial charge in [0.1, 0.15) is 5.82 Å². The van der Waals surface area contributed by atoms with Crippen molar-refractivity contribution >= 4 is 29.2 Å². The van der Waals surface area contributed by atoms with Gasteiger partial charge in [-0.3, -0.25) is 0 Å². The van der Waals surface area contributed by atoms with E-state index >= 15 is 0 Å². The quantitative estimate of drug-likeness (QED) is 0.723. The van der Waals surface area contributed by atoms with Crippen molar-refractivity contribution in [2.75, 3.05) is 10.6 Å². The molecule has 0 atom stereocenters. The number of hydrogen-bond donors (Lipinski definition) is 2. The van der Waals surface area contributed by atoms with Crippen LogP contribution in [-0.4, -0.2) is 9.97 Å². The number of hydrogen-bond acceptors (Lipinski definition) is 4. The second-order valence-electron chi connectivity index (χ2n) is 5.86. The number of rotatable bonds is 4. The Morgan fingerprint density at radius 3 is 2.71 bits per heavy atom. The van der Waals surface area contributed by atoms with Crippen LogP contribution in [0.25, 0.3) is 6.08 Å². The molecule has 0 bridgehead atoms. The Kier molecular flexibility index (Phi) is 3.71. The molecule has 0 spiro atoms. The normalized spacial score (nSPS) is 12.0. The molecular formula is C20H18N4. The molecule has 2 N–H and O–H groups in total. The maximum absolute atomic E-state index is 4.61. The Balaban J connectivity index is 1.57. The van der Waals surface area contributed by atoms with Crippen LogP contribution in [0.1, 0.15) is 16.7 Å². The Hall–Kier alpha value is -3.14. The van der Waals surface area contributed by atoms with Gasteiger partial charge < -0.3 is 10.6 Å². The number of aryl methyl sites for hydroxylation is 1. The number of benzene rings is 2. The van der Waals surface area contributed by atoms with Crippen LogP contribution in [0.4, 0.5) is 23.1 Å². The summed E-state index contributed by atoms with van der Waals surface area (Å²) in [6, 6.07) is 16.3. The van der Waals surface area contributed by atoms with Crippen LogP contribution < -0.4 is 10.6 Å². The first-order chi connectivity index (χ1) is 11.8. The SMILES string of the molecule is Cc1cnc(Nc2ccccc2)nc1Nc1ccc2c(c1)CC=C2. The highest BCUT2D eigenvalue weighted by Crippen LogP contribution is 2.26. The summed E-state index contributed by atoms with van der Waals surface area (Å²) in [5.74, 6) is 1.39. The summed E-state index contributed by atoms with van der Waals surface area (Å²) in [5, 5.41) is 6.64. The maximum Gasteiger partial charge on any atom is 0.229 e. The number of nitrogens with zero attached hydrogens (tertiary/aromatic N) is 2. The molecule has 2 aromatic carbocycles. The maximum atomic E-state index is 4.61. The fraction of sp³-hybridized carbons (Fsp3) is 0.100. The highest BCUT2D eigenvalue weighted by atomic mass is 15.1.